The largest absolute Gasteiger partial charge is 0.494 e. The van der Waals surface area contributed by atoms with Gasteiger partial charge in [-0.15, -0.1) is 0 Å². The summed E-state index contributed by atoms with van der Waals surface area (Å²) in [5.41, 5.74) is 0.473. The number of benzene rings is 2. The number of hydrogen-bond acceptors (Lipinski definition) is 5. The third-order valence-electron chi connectivity index (χ3n) is 4.40. The zero-order valence-corrected chi connectivity index (χ0v) is 19.3. The van der Waals surface area contributed by atoms with Crippen molar-refractivity contribution >= 4 is 52.8 Å². The van der Waals surface area contributed by atoms with E-state index in [0.717, 1.165) is 4.90 Å². The Bertz CT molecular complexity index is 1060. The second-order valence-electron chi connectivity index (χ2n) is 7.40. The van der Waals surface area contributed by atoms with Gasteiger partial charge in [0.15, 0.2) is 5.75 Å². The first-order chi connectivity index (χ1) is 15.2. The Hall–Kier alpha value is -3.03. The second kappa shape index (κ2) is 10.1. The van der Waals surface area contributed by atoms with Crippen LogP contribution in [-0.4, -0.2) is 31.1 Å². The van der Waals surface area contributed by atoms with Crippen LogP contribution in [0.1, 0.15) is 26.3 Å². The molecule has 4 amide bonds. The monoisotopic (exact) mass is 476 g/mol. The normalized spacial score (nSPS) is 15.4. The molecule has 1 aliphatic rings. The first-order valence-electron chi connectivity index (χ1n) is 9.97. The number of urea groups is 1. The molecule has 1 heterocycles. The molecule has 2 aromatic rings. The highest BCUT2D eigenvalue weighted by atomic mass is 35.5. The minimum absolute atomic E-state index is 0.235. The number of anilines is 1. The molecule has 0 atom stereocenters. The lowest BCUT2D eigenvalue weighted by atomic mass is 10.1. The van der Waals surface area contributed by atoms with Crippen LogP contribution in [0, 0.1) is 5.92 Å². The molecular weight excluding hydrogens is 455 g/mol. The van der Waals surface area contributed by atoms with Crippen LogP contribution in [0.3, 0.4) is 0 Å². The van der Waals surface area contributed by atoms with Crippen molar-refractivity contribution < 1.29 is 23.9 Å². The van der Waals surface area contributed by atoms with Gasteiger partial charge in [-0.1, -0.05) is 37.0 Å². The van der Waals surface area contributed by atoms with E-state index >= 15 is 0 Å². The first-order valence-corrected chi connectivity index (χ1v) is 10.7. The summed E-state index contributed by atoms with van der Waals surface area (Å²) in [5.74, 6) is -0.379. The van der Waals surface area contributed by atoms with Crippen LogP contribution >= 0.6 is 23.2 Å². The summed E-state index contributed by atoms with van der Waals surface area (Å²) in [6.45, 7) is 6.74. The van der Waals surface area contributed by atoms with Gasteiger partial charge in [0, 0.05) is 0 Å². The zero-order chi connectivity index (χ0) is 23.4. The number of nitrogens with one attached hydrogen (secondary N) is 1. The standard InChI is InChI=1S/C23H22Cl2N2O5/c1-4-31-16-7-5-15(6-8-16)27-22(29)17(21(28)26-23(27)30)9-14-10-18(24)20(19(25)11-14)32-12-13(2)3/h5-11,13H,4,12H2,1-3H3,(H,26,28,30)/b17-9+. The molecule has 0 aliphatic carbocycles. The highest BCUT2D eigenvalue weighted by Crippen LogP contribution is 2.35. The summed E-state index contributed by atoms with van der Waals surface area (Å²) >= 11 is 12.6. The molecule has 2 aromatic carbocycles. The van der Waals surface area contributed by atoms with E-state index in [4.69, 9.17) is 32.7 Å². The Morgan fingerprint density at radius 1 is 1.03 bits per heavy atom. The maximum atomic E-state index is 13.0. The van der Waals surface area contributed by atoms with Crippen molar-refractivity contribution in [3.8, 4) is 11.5 Å². The number of hydrogen-bond donors (Lipinski definition) is 1. The SMILES string of the molecule is CCOc1ccc(N2C(=O)NC(=O)/C(=C\c3cc(Cl)c(OCC(C)C)c(Cl)c3)C2=O)cc1. The van der Waals surface area contributed by atoms with Crippen LogP contribution in [0.5, 0.6) is 11.5 Å². The third-order valence-corrected chi connectivity index (χ3v) is 4.96. The number of amides is 4. The molecule has 7 nitrogen and oxygen atoms in total. The average Bonchev–Trinajstić information content (AvgIpc) is 2.71. The number of nitrogens with zero attached hydrogens (tertiary/aromatic N) is 1. The number of barbiturate groups is 1. The Morgan fingerprint density at radius 2 is 1.66 bits per heavy atom. The number of imide groups is 2. The molecule has 0 radical (unpaired) electrons. The number of halogens is 2. The first kappa shape index (κ1) is 23.6. The molecule has 168 valence electrons. The van der Waals surface area contributed by atoms with E-state index in [1.807, 2.05) is 20.8 Å². The van der Waals surface area contributed by atoms with E-state index in [0.29, 0.717) is 36.0 Å². The van der Waals surface area contributed by atoms with Crippen LogP contribution in [0.15, 0.2) is 42.0 Å². The van der Waals surface area contributed by atoms with E-state index in [2.05, 4.69) is 5.32 Å². The van der Waals surface area contributed by atoms with E-state index in [-0.39, 0.29) is 21.5 Å². The van der Waals surface area contributed by atoms with Crippen LogP contribution in [0.25, 0.3) is 6.08 Å². The summed E-state index contributed by atoms with van der Waals surface area (Å²) in [4.78, 5) is 38.7. The molecule has 1 fully saturated rings. The van der Waals surface area contributed by atoms with Gasteiger partial charge in [0.2, 0.25) is 0 Å². The molecule has 0 saturated carbocycles. The fraction of sp³-hybridized carbons (Fsp3) is 0.261. The predicted octanol–water partition coefficient (Wildman–Crippen LogP) is 5.09. The van der Waals surface area contributed by atoms with Crippen molar-refractivity contribution in [1.29, 1.82) is 0 Å². The fourth-order valence-corrected chi connectivity index (χ4v) is 3.58. The lowest BCUT2D eigenvalue weighted by Crippen LogP contribution is -2.54. The molecule has 1 aliphatic heterocycles. The van der Waals surface area contributed by atoms with Crippen LogP contribution < -0.4 is 19.7 Å². The lowest BCUT2D eigenvalue weighted by Gasteiger charge is -2.26. The molecule has 0 aromatic heterocycles. The zero-order valence-electron chi connectivity index (χ0n) is 17.8. The van der Waals surface area contributed by atoms with Crippen molar-refractivity contribution in [3.63, 3.8) is 0 Å². The minimum atomic E-state index is -0.838. The van der Waals surface area contributed by atoms with E-state index in [1.54, 1.807) is 24.3 Å². The smallest absolute Gasteiger partial charge is 0.335 e. The van der Waals surface area contributed by atoms with Gasteiger partial charge in [-0.05, 0) is 60.9 Å². The summed E-state index contributed by atoms with van der Waals surface area (Å²) in [6.07, 6.45) is 1.33. The van der Waals surface area contributed by atoms with Crippen molar-refractivity contribution in [3.05, 3.63) is 57.6 Å². The van der Waals surface area contributed by atoms with Gasteiger partial charge < -0.3 is 9.47 Å². The molecular formula is C23H22Cl2N2O5. The van der Waals surface area contributed by atoms with Gasteiger partial charge >= 0.3 is 6.03 Å². The Kier molecular flexibility index (Phi) is 7.43. The summed E-state index contributed by atoms with van der Waals surface area (Å²) in [6, 6.07) is 8.62. The minimum Gasteiger partial charge on any atom is -0.494 e. The number of rotatable bonds is 7. The lowest BCUT2D eigenvalue weighted by molar-refractivity contribution is -0.122. The van der Waals surface area contributed by atoms with Gasteiger partial charge in [0.25, 0.3) is 11.8 Å². The van der Waals surface area contributed by atoms with Crippen LogP contribution in [-0.2, 0) is 9.59 Å². The number of carbonyl (C=O) groups excluding carboxylic acids is 3. The molecule has 1 saturated heterocycles. The molecule has 9 heteroatoms. The third kappa shape index (κ3) is 5.23. The average molecular weight is 477 g/mol. The van der Waals surface area contributed by atoms with Crippen LogP contribution in [0.2, 0.25) is 10.0 Å². The molecule has 3 rings (SSSR count). The second-order valence-corrected chi connectivity index (χ2v) is 8.22. The van der Waals surface area contributed by atoms with Gasteiger partial charge in [0.1, 0.15) is 11.3 Å². The maximum absolute atomic E-state index is 13.0. The van der Waals surface area contributed by atoms with Crippen molar-refractivity contribution in [1.82, 2.24) is 5.32 Å². The Labute approximate surface area is 195 Å². The fourth-order valence-electron chi connectivity index (χ4n) is 2.97. The van der Waals surface area contributed by atoms with Crippen molar-refractivity contribution in [2.75, 3.05) is 18.1 Å². The summed E-state index contributed by atoms with van der Waals surface area (Å²) < 4.78 is 11.0. The summed E-state index contributed by atoms with van der Waals surface area (Å²) in [5, 5.41) is 2.67. The quantitative estimate of drug-likeness (QED) is 0.444. The van der Waals surface area contributed by atoms with Gasteiger partial charge in [-0.2, -0.15) is 0 Å². The van der Waals surface area contributed by atoms with Crippen molar-refractivity contribution in [2.45, 2.75) is 20.8 Å². The highest BCUT2D eigenvalue weighted by Gasteiger charge is 2.36. The highest BCUT2D eigenvalue weighted by molar-refractivity contribution is 6.40. The van der Waals surface area contributed by atoms with Crippen molar-refractivity contribution in [2.24, 2.45) is 5.92 Å². The molecule has 0 spiro atoms. The summed E-state index contributed by atoms with van der Waals surface area (Å²) in [7, 11) is 0. The maximum Gasteiger partial charge on any atom is 0.335 e. The van der Waals surface area contributed by atoms with Gasteiger partial charge in [-0.3, -0.25) is 14.9 Å². The topological polar surface area (TPSA) is 84.9 Å². The van der Waals surface area contributed by atoms with E-state index in [1.165, 1.54) is 18.2 Å². The molecule has 1 N–H and O–H groups in total. The molecule has 0 bridgehead atoms. The van der Waals surface area contributed by atoms with E-state index in [9.17, 15) is 14.4 Å². The number of ether oxygens (including phenoxy) is 2. The number of carbonyl (C=O) groups is 3. The van der Waals surface area contributed by atoms with Gasteiger partial charge in [0.05, 0.1) is 28.9 Å². The Balaban J connectivity index is 1.92. The van der Waals surface area contributed by atoms with Gasteiger partial charge in [-0.25, -0.2) is 9.69 Å². The van der Waals surface area contributed by atoms with E-state index < -0.39 is 17.8 Å². The molecule has 0 unspecified atom stereocenters. The Morgan fingerprint density at radius 3 is 2.22 bits per heavy atom. The molecule has 32 heavy (non-hydrogen) atoms. The predicted molar refractivity (Wildman–Crippen MR) is 123 cm³/mol. The van der Waals surface area contributed by atoms with Crippen LogP contribution in [0.4, 0.5) is 10.5 Å².